The zero-order valence-corrected chi connectivity index (χ0v) is 12.5. The van der Waals surface area contributed by atoms with Gasteiger partial charge in [0.25, 0.3) is 0 Å². The molecule has 1 aromatic heterocycles. The number of nitrogens with one attached hydrogen (secondary N) is 1. The van der Waals surface area contributed by atoms with Gasteiger partial charge in [-0.1, -0.05) is 23.7 Å². The van der Waals surface area contributed by atoms with Crippen molar-refractivity contribution in [3.8, 4) is 0 Å². The lowest BCUT2D eigenvalue weighted by Crippen LogP contribution is -2.11. The summed E-state index contributed by atoms with van der Waals surface area (Å²) in [6, 6.07) is 6.89. The summed E-state index contributed by atoms with van der Waals surface area (Å²) >= 11 is 7.87. The first-order valence-electron chi connectivity index (χ1n) is 5.57. The van der Waals surface area contributed by atoms with Gasteiger partial charge in [-0.25, -0.2) is 4.98 Å². The molecule has 8 heteroatoms. The Morgan fingerprint density at radius 3 is 2.70 bits per heavy atom. The summed E-state index contributed by atoms with van der Waals surface area (Å²) in [5, 5.41) is 3.86. The van der Waals surface area contributed by atoms with E-state index >= 15 is 0 Å². The predicted molar refractivity (Wildman–Crippen MR) is 77.7 cm³/mol. The quantitative estimate of drug-likeness (QED) is 0.771. The molecule has 0 aliphatic heterocycles. The lowest BCUT2D eigenvalue weighted by molar-refractivity contribution is -0.105. The van der Waals surface area contributed by atoms with Gasteiger partial charge in [-0.2, -0.15) is 13.2 Å². The van der Waals surface area contributed by atoms with Crippen LogP contribution in [-0.2, 0) is 6.54 Å². The Morgan fingerprint density at radius 2 is 2.05 bits per heavy atom. The van der Waals surface area contributed by atoms with Crippen molar-refractivity contribution < 1.29 is 13.2 Å². The molecule has 0 aliphatic rings. The minimum atomic E-state index is -4.18. The van der Waals surface area contributed by atoms with Crippen molar-refractivity contribution in [3.05, 3.63) is 39.8 Å². The Bertz CT molecular complexity index is 572. The van der Waals surface area contributed by atoms with Gasteiger partial charge in [-0.15, -0.1) is 23.1 Å². The van der Waals surface area contributed by atoms with E-state index in [4.69, 9.17) is 11.6 Å². The molecule has 1 heterocycles. The maximum Gasteiger partial charge on any atom is 0.398 e. The van der Waals surface area contributed by atoms with E-state index in [-0.39, 0.29) is 0 Å². The number of thiazole rings is 1. The molecule has 1 N–H and O–H groups in total. The normalized spacial score (nSPS) is 11.6. The summed E-state index contributed by atoms with van der Waals surface area (Å²) in [6.45, 7) is 0.432. The number of para-hydroxylation sites is 1. The zero-order valence-electron chi connectivity index (χ0n) is 10.1. The van der Waals surface area contributed by atoms with E-state index in [0.29, 0.717) is 21.5 Å². The maximum atomic E-state index is 12.3. The van der Waals surface area contributed by atoms with Crippen molar-refractivity contribution in [1.82, 2.24) is 4.98 Å². The van der Waals surface area contributed by atoms with Crippen molar-refractivity contribution in [2.24, 2.45) is 0 Å². The second kappa shape index (κ2) is 6.69. The molecule has 0 radical (unpaired) electrons. The van der Waals surface area contributed by atoms with Crippen LogP contribution in [0.2, 0.25) is 4.34 Å². The highest BCUT2D eigenvalue weighted by Crippen LogP contribution is 2.32. The number of thioether (sulfide) groups is 1. The number of hydrogen-bond acceptors (Lipinski definition) is 4. The molecule has 1 aromatic carbocycles. The number of alkyl halides is 3. The molecule has 2 aromatic rings. The van der Waals surface area contributed by atoms with Crippen LogP contribution in [-0.4, -0.2) is 16.9 Å². The highest BCUT2D eigenvalue weighted by Gasteiger charge is 2.27. The highest BCUT2D eigenvalue weighted by molar-refractivity contribution is 7.99. The summed E-state index contributed by atoms with van der Waals surface area (Å²) in [4.78, 5) is 4.65. The van der Waals surface area contributed by atoms with Gasteiger partial charge in [0.05, 0.1) is 18.5 Å². The first-order valence-corrected chi connectivity index (χ1v) is 7.75. The van der Waals surface area contributed by atoms with Gasteiger partial charge >= 0.3 is 6.18 Å². The molecular formula is C12H10ClF3N2S2. The van der Waals surface area contributed by atoms with Crippen LogP contribution in [0.4, 0.5) is 18.9 Å². The summed E-state index contributed by atoms with van der Waals surface area (Å²) in [5.74, 6) is -0.908. The standard InChI is InChI=1S/C12H10ClF3N2S2/c13-10-5-18-11(20-10)6-17-8-3-1-2-4-9(8)19-7-12(14,15)16/h1-5,17H,6-7H2. The minimum Gasteiger partial charge on any atom is -0.378 e. The van der Waals surface area contributed by atoms with E-state index in [1.807, 2.05) is 0 Å². The topological polar surface area (TPSA) is 24.9 Å². The van der Waals surface area contributed by atoms with Gasteiger partial charge in [0.15, 0.2) is 0 Å². The molecule has 0 aliphatic carbocycles. The van der Waals surface area contributed by atoms with Gasteiger partial charge in [0, 0.05) is 10.6 Å². The number of aromatic nitrogens is 1. The molecular weight excluding hydrogens is 329 g/mol. The van der Waals surface area contributed by atoms with Crippen molar-refractivity contribution in [3.63, 3.8) is 0 Å². The van der Waals surface area contributed by atoms with Gasteiger partial charge in [-0.3, -0.25) is 0 Å². The Morgan fingerprint density at radius 1 is 1.30 bits per heavy atom. The lowest BCUT2D eigenvalue weighted by Gasteiger charge is -2.11. The van der Waals surface area contributed by atoms with Crippen LogP contribution in [0.5, 0.6) is 0 Å². The zero-order chi connectivity index (χ0) is 14.6. The summed E-state index contributed by atoms with van der Waals surface area (Å²) in [5.41, 5.74) is 0.660. The Labute approximate surface area is 127 Å². The van der Waals surface area contributed by atoms with Crippen molar-refractivity contribution >= 4 is 40.4 Å². The molecule has 0 amide bonds. The first kappa shape index (κ1) is 15.5. The predicted octanol–water partition coefficient (Wildman–Crippen LogP) is 5.06. The van der Waals surface area contributed by atoms with Gasteiger partial charge in [-0.05, 0) is 12.1 Å². The van der Waals surface area contributed by atoms with Crippen LogP contribution >= 0.6 is 34.7 Å². The molecule has 0 bridgehead atoms. The van der Waals surface area contributed by atoms with Crippen LogP contribution in [0.1, 0.15) is 5.01 Å². The fraction of sp³-hybridized carbons (Fsp3) is 0.250. The third-order valence-electron chi connectivity index (χ3n) is 2.23. The molecule has 20 heavy (non-hydrogen) atoms. The van der Waals surface area contributed by atoms with Crippen molar-refractivity contribution in [2.75, 3.05) is 11.1 Å². The van der Waals surface area contributed by atoms with Gasteiger partial charge < -0.3 is 5.32 Å². The third kappa shape index (κ3) is 4.88. The van der Waals surface area contributed by atoms with Gasteiger partial charge in [0.2, 0.25) is 0 Å². The van der Waals surface area contributed by atoms with E-state index in [9.17, 15) is 13.2 Å². The van der Waals surface area contributed by atoms with E-state index in [1.54, 1.807) is 30.5 Å². The molecule has 0 atom stereocenters. The molecule has 108 valence electrons. The molecule has 0 spiro atoms. The van der Waals surface area contributed by atoms with E-state index in [1.165, 1.54) is 11.3 Å². The average Bonchev–Trinajstić information content (AvgIpc) is 2.80. The van der Waals surface area contributed by atoms with E-state index < -0.39 is 11.9 Å². The highest BCUT2D eigenvalue weighted by atomic mass is 35.5. The summed E-state index contributed by atoms with van der Waals surface area (Å²) in [7, 11) is 0. The van der Waals surface area contributed by atoms with E-state index in [0.717, 1.165) is 16.8 Å². The fourth-order valence-corrected chi connectivity index (χ4v) is 3.12. The van der Waals surface area contributed by atoms with Crippen LogP contribution in [0.15, 0.2) is 35.4 Å². The van der Waals surface area contributed by atoms with Crippen molar-refractivity contribution in [1.29, 1.82) is 0 Å². The summed E-state index contributed by atoms with van der Waals surface area (Å²) in [6.07, 6.45) is -2.63. The molecule has 2 nitrogen and oxygen atoms in total. The van der Waals surface area contributed by atoms with Crippen LogP contribution < -0.4 is 5.32 Å². The van der Waals surface area contributed by atoms with E-state index in [2.05, 4.69) is 10.3 Å². The molecule has 0 saturated heterocycles. The van der Waals surface area contributed by atoms with Crippen molar-refractivity contribution in [2.45, 2.75) is 17.6 Å². The average molecular weight is 339 g/mol. The monoisotopic (exact) mass is 338 g/mol. The third-order valence-corrected chi connectivity index (χ3v) is 4.49. The molecule has 2 rings (SSSR count). The Balaban J connectivity index is 2.00. The number of anilines is 1. The lowest BCUT2D eigenvalue weighted by atomic mass is 10.3. The number of rotatable bonds is 5. The number of nitrogens with zero attached hydrogens (tertiary/aromatic N) is 1. The van der Waals surface area contributed by atoms with Gasteiger partial charge in [0.1, 0.15) is 9.34 Å². The first-order chi connectivity index (χ1) is 9.44. The minimum absolute atomic E-state index is 0.432. The molecule has 0 saturated carbocycles. The summed E-state index contributed by atoms with van der Waals surface area (Å²) < 4.78 is 37.4. The maximum absolute atomic E-state index is 12.3. The second-order valence-corrected chi connectivity index (χ2v) is 6.58. The van der Waals surface area contributed by atoms with Crippen LogP contribution in [0, 0.1) is 0 Å². The fourth-order valence-electron chi connectivity index (χ4n) is 1.44. The number of benzene rings is 1. The van der Waals surface area contributed by atoms with Crippen LogP contribution in [0.25, 0.3) is 0 Å². The number of hydrogen-bond donors (Lipinski definition) is 1. The molecule has 0 unspecified atom stereocenters. The Hall–Kier alpha value is -0.920. The number of halogens is 4. The largest absolute Gasteiger partial charge is 0.398 e. The second-order valence-electron chi connectivity index (χ2n) is 3.81. The van der Waals surface area contributed by atoms with Crippen LogP contribution in [0.3, 0.4) is 0 Å². The Kier molecular flexibility index (Phi) is 5.17. The molecule has 0 fully saturated rings. The SMILES string of the molecule is FC(F)(F)CSc1ccccc1NCc1ncc(Cl)s1. The smallest absolute Gasteiger partial charge is 0.378 e.